The van der Waals surface area contributed by atoms with Crippen molar-refractivity contribution in [2.24, 2.45) is 4.99 Å². The number of hydrogen-bond donors (Lipinski definition) is 2. The van der Waals surface area contributed by atoms with Crippen LogP contribution in [0.3, 0.4) is 0 Å². The van der Waals surface area contributed by atoms with Crippen molar-refractivity contribution in [3.05, 3.63) is 65.0 Å². The van der Waals surface area contributed by atoms with E-state index in [1.165, 1.54) is 6.07 Å². The fourth-order valence-electron chi connectivity index (χ4n) is 2.31. The summed E-state index contributed by atoms with van der Waals surface area (Å²) in [7, 11) is 1.66. The van der Waals surface area contributed by atoms with Gasteiger partial charge in [0.25, 0.3) is 0 Å². The molecule has 0 atom stereocenters. The first-order chi connectivity index (χ1) is 11.6. The summed E-state index contributed by atoms with van der Waals surface area (Å²) in [4.78, 5) is 4.56. The zero-order valence-electron chi connectivity index (χ0n) is 14.8. The predicted molar refractivity (Wildman–Crippen MR) is 111 cm³/mol. The Morgan fingerprint density at radius 3 is 2.56 bits per heavy atom. The molecule has 0 unspecified atom stereocenters. The Morgan fingerprint density at radius 1 is 1.12 bits per heavy atom. The zero-order valence-corrected chi connectivity index (χ0v) is 17.1. The van der Waals surface area contributed by atoms with Crippen LogP contribution in [-0.2, 0) is 13.1 Å². The molecule has 0 bridgehead atoms. The van der Waals surface area contributed by atoms with Gasteiger partial charge in [0.15, 0.2) is 5.96 Å². The second kappa shape index (κ2) is 10.9. The minimum absolute atomic E-state index is 0. The summed E-state index contributed by atoms with van der Waals surface area (Å²) in [5.74, 6) is 1.24. The molecule has 0 aliphatic carbocycles. The molecule has 0 amide bonds. The van der Waals surface area contributed by atoms with Gasteiger partial charge >= 0.3 is 0 Å². The Labute approximate surface area is 165 Å². The number of guanidine groups is 1. The number of aryl methyl sites for hydroxylation is 1. The summed E-state index contributed by atoms with van der Waals surface area (Å²) >= 11 is 0. The Hall–Kier alpha value is -1.83. The van der Waals surface area contributed by atoms with Gasteiger partial charge in [0, 0.05) is 24.2 Å². The molecule has 0 fully saturated rings. The first-order valence-electron chi connectivity index (χ1n) is 8.03. The molecule has 2 rings (SSSR count). The maximum atomic E-state index is 13.7. The number of hydrogen-bond acceptors (Lipinski definition) is 2. The maximum Gasteiger partial charge on any atom is 0.191 e. The molecule has 0 saturated heterocycles. The van der Waals surface area contributed by atoms with Gasteiger partial charge in [-0.2, -0.15) is 0 Å². The van der Waals surface area contributed by atoms with Gasteiger partial charge < -0.3 is 15.4 Å². The monoisotopic (exact) mass is 457 g/mol. The molecule has 0 radical (unpaired) electrons. The Balaban J connectivity index is 0.00000312. The van der Waals surface area contributed by atoms with Crippen molar-refractivity contribution in [1.29, 1.82) is 0 Å². The molecule has 0 aromatic heterocycles. The van der Waals surface area contributed by atoms with Gasteiger partial charge in [-0.3, -0.25) is 0 Å². The van der Waals surface area contributed by atoms with Crippen LogP contribution in [-0.4, -0.2) is 19.6 Å². The molecular formula is C19H25FIN3O. The summed E-state index contributed by atoms with van der Waals surface area (Å²) in [6, 6.07) is 12.8. The molecular weight excluding hydrogens is 432 g/mol. The molecule has 2 aromatic rings. The first-order valence-corrected chi connectivity index (χ1v) is 8.03. The molecule has 6 heteroatoms. The van der Waals surface area contributed by atoms with Gasteiger partial charge in [-0.25, -0.2) is 9.38 Å². The van der Waals surface area contributed by atoms with Crippen LogP contribution in [0.5, 0.6) is 5.75 Å². The van der Waals surface area contributed by atoms with E-state index in [1.807, 2.05) is 38.1 Å². The third kappa shape index (κ3) is 6.53. The van der Waals surface area contributed by atoms with E-state index in [1.54, 1.807) is 19.2 Å². The Bertz CT molecular complexity index is 707. The van der Waals surface area contributed by atoms with E-state index in [9.17, 15) is 4.39 Å². The molecule has 136 valence electrons. The summed E-state index contributed by atoms with van der Waals surface area (Å²) in [6.45, 7) is 5.61. The second-order valence-corrected chi connectivity index (χ2v) is 5.46. The number of nitrogens with one attached hydrogen (secondary N) is 2. The van der Waals surface area contributed by atoms with Gasteiger partial charge in [-0.15, -0.1) is 24.0 Å². The summed E-state index contributed by atoms with van der Waals surface area (Å²) in [5, 5.41) is 6.32. The number of rotatable bonds is 6. The summed E-state index contributed by atoms with van der Waals surface area (Å²) in [5.41, 5.74) is 2.76. The third-order valence-electron chi connectivity index (χ3n) is 3.60. The van der Waals surface area contributed by atoms with Crippen LogP contribution in [0.25, 0.3) is 0 Å². The van der Waals surface area contributed by atoms with E-state index in [0.29, 0.717) is 24.6 Å². The molecule has 0 spiro atoms. The minimum atomic E-state index is -0.221. The van der Waals surface area contributed by atoms with E-state index < -0.39 is 0 Å². The maximum absolute atomic E-state index is 13.7. The van der Waals surface area contributed by atoms with Crippen LogP contribution in [0.4, 0.5) is 4.39 Å². The molecule has 2 aromatic carbocycles. The number of halogens is 2. The lowest BCUT2D eigenvalue weighted by atomic mass is 10.1. The van der Waals surface area contributed by atoms with E-state index in [2.05, 4.69) is 15.6 Å². The number of aliphatic imine (C=N–C) groups is 1. The van der Waals surface area contributed by atoms with E-state index in [0.717, 1.165) is 23.4 Å². The average molecular weight is 457 g/mol. The summed E-state index contributed by atoms with van der Waals surface area (Å²) < 4.78 is 19.1. The van der Waals surface area contributed by atoms with Crippen molar-refractivity contribution in [2.45, 2.75) is 26.9 Å². The highest BCUT2D eigenvalue weighted by molar-refractivity contribution is 14.0. The first kappa shape index (κ1) is 21.2. The van der Waals surface area contributed by atoms with Crippen LogP contribution in [0, 0.1) is 12.7 Å². The third-order valence-corrected chi connectivity index (χ3v) is 3.60. The lowest BCUT2D eigenvalue weighted by Gasteiger charge is -2.13. The Kier molecular flexibility index (Phi) is 9.26. The number of ether oxygens (including phenoxy) is 1. The fourth-order valence-corrected chi connectivity index (χ4v) is 2.31. The van der Waals surface area contributed by atoms with E-state index >= 15 is 0 Å². The van der Waals surface area contributed by atoms with Gasteiger partial charge in [-0.1, -0.05) is 30.3 Å². The molecule has 4 nitrogen and oxygen atoms in total. The molecule has 0 heterocycles. The zero-order chi connectivity index (χ0) is 17.4. The summed E-state index contributed by atoms with van der Waals surface area (Å²) in [6.07, 6.45) is 0. The van der Waals surface area contributed by atoms with Crippen LogP contribution < -0.4 is 15.4 Å². The van der Waals surface area contributed by atoms with E-state index in [-0.39, 0.29) is 29.8 Å². The molecule has 0 aliphatic rings. The lowest BCUT2D eigenvalue weighted by Crippen LogP contribution is -2.37. The van der Waals surface area contributed by atoms with Crippen LogP contribution in [0.2, 0.25) is 0 Å². The highest BCUT2D eigenvalue weighted by Gasteiger charge is 2.05. The molecule has 0 aliphatic heterocycles. The predicted octanol–water partition coefficient (Wildman–Crippen LogP) is 4.02. The van der Waals surface area contributed by atoms with Crippen molar-refractivity contribution >= 4 is 29.9 Å². The van der Waals surface area contributed by atoms with Crippen molar-refractivity contribution in [3.8, 4) is 5.75 Å². The smallest absolute Gasteiger partial charge is 0.191 e. The highest BCUT2D eigenvalue weighted by Crippen LogP contribution is 2.20. The standard InChI is InChI=1S/C19H24FN3O.HI/c1-4-21-19(22-12-15-7-5-6-8-17(15)20)23-13-16-10-9-14(2)11-18(16)24-3;/h5-11H,4,12-13H2,1-3H3,(H2,21,22,23);1H. The molecule has 2 N–H and O–H groups in total. The van der Waals surface area contributed by atoms with Gasteiger partial charge in [0.2, 0.25) is 0 Å². The molecule has 25 heavy (non-hydrogen) atoms. The second-order valence-electron chi connectivity index (χ2n) is 5.46. The normalized spacial score (nSPS) is 10.8. The quantitative estimate of drug-likeness (QED) is 0.392. The van der Waals surface area contributed by atoms with Gasteiger partial charge in [0.05, 0.1) is 13.7 Å². The van der Waals surface area contributed by atoms with Crippen LogP contribution in [0.1, 0.15) is 23.6 Å². The average Bonchev–Trinajstić information content (AvgIpc) is 2.59. The van der Waals surface area contributed by atoms with Gasteiger partial charge in [0.1, 0.15) is 11.6 Å². The molecule has 0 saturated carbocycles. The SMILES string of the molecule is CCNC(=NCc1ccc(C)cc1OC)NCc1ccccc1F.I. The van der Waals surface area contributed by atoms with Crippen molar-refractivity contribution < 1.29 is 9.13 Å². The lowest BCUT2D eigenvalue weighted by molar-refractivity contribution is 0.409. The van der Waals surface area contributed by atoms with Crippen LogP contribution >= 0.6 is 24.0 Å². The number of nitrogens with zero attached hydrogens (tertiary/aromatic N) is 1. The van der Waals surface area contributed by atoms with Crippen molar-refractivity contribution in [2.75, 3.05) is 13.7 Å². The van der Waals surface area contributed by atoms with Crippen molar-refractivity contribution in [3.63, 3.8) is 0 Å². The van der Waals surface area contributed by atoms with E-state index in [4.69, 9.17) is 4.74 Å². The number of methoxy groups -OCH3 is 1. The largest absolute Gasteiger partial charge is 0.496 e. The Morgan fingerprint density at radius 2 is 1.88 bits per heavy atom. The van der Waals surface area contributed by atoms with Crippen LogP contribution in [0.15, 0.2) is 47.5 Å². The topological polar surface area (TPSA) is 45.7 Å². The minimum Gasteiger partial charge on any atom is -0.496 e. The fraction of sp³-hybridized carbons (Fsp3) is 0.316. The number of benzene rings is 2. The van der Waals surface area contributed by atoms with Crippen molar-refractivity contribution in [1.82, 2.24) is 10.6 Å². The van der Waals surface area contributed by atoms with Gasteiger partial charge in [-0.05, 0) is 31.5 Å². The highest BCUT2D eigenvalue weighted by atomic mass is 127.